The molecule has 0 radical (unpaired) electrons. The van der Waals surface area contributed by atoms with E-state index in [0.717, 1.165) is 25.4 Å². The molecule has 0 saturated carbocycles. The van der Waals surface area contributed by atoms with E-state index in [1.165, 1.54) is 9.87 Å². The van der Waals surface area contributed by atoms with Gasteiger partial charge in [0, 0.05) is 49.3 Å². The lowest BCUT2D eigenvalue weighted by atomic mass is 10.0. The highest BCUT2D eigenvalue weighted by molar-refractivity contribution is 9.10. The van der Waals surface area contributed by atoms with E-state index in [2.05, 4.69) is 33.0 Å². The summed E-state index contributed by atoms with van der Waals surface area (Å²) in [6, 6.07) is 20.4. The van der Waals surface area contributed by atoms with Crippen molar-refractivity contribution in [1.82, 2.24) is 14.2 Å². The molecule has 37 heavy (non-hydrogen) atoms. The van der Waals surface area contributed by atoms with Gasteiger partial charge in [0.1, 0.15) is 0 Å². The second kappa shape index (κ2) is 9.83. The van der Waals surface area contributed by atoms with Crippen LogP contribution < -0.4 is 4.90 Å². The van der Waals surface area contributed by atoms with E-state index in [4.69, 9.17) is 4.98 Å². The van der Waals surface area contributed by atoms with E-state index in [1.54, 1.807) is 35.6 Å². The summed E-state index contributed by atoms with van der Waals surface area (Å²) in [6.45, 7) is 3.41. The number of carbonyl (C=O) groups is 1. The molecule has 3 aromatic carbocycles. The number of amides is 1. The van der Waals surface area contributed by atoms with Crippen molar-refractivity contribution in [3.63, 3.8) is 0 Å². The SMILES string of the molecule is O=C(c1ccc(S(=O)(=O)N2CCc3ccccc3C2)cc1)N1CCN(c2nc3ccc(Br)cc3s2)CC1. The van der Waals surface area contributed by atoms with Gasteiger partial charge in [0.05, 0.1) is 15.1 Å². The van der Waals surface area contributed by atoms with Crippen LogP contribution in [0.1, 0.15) is 21.5 Å². The van der Waals surface area contributed by atoms with Crippen LogP contribution >= 0.6 is 27.3 Å². The van der Waals surface area contributed by atoms with E-state index < -0.39 is 10.0 Å². The maximum atomic E-state index is 13.3. The number of hydrogen-bond acceptors (Lipinski definition) is 6. The topological polar surface area (TPSA) is 73.8 Å². The summed E-state index contributed by atoms with van der Waals surface area (Å²) in [5.41, 5.74) is 3.72. The minimum Gasteiger partial charge on any atom is -0.345 e. The fourth-order valence-corrected chi connectivity index (χ4v) is 7.89. The average molecular weight is 598 g/mol. The molecule has 1 fully saturated rings. The van der Waals surface area contributed by atoms with Gasteiger partial charge < -0.3 is 9.80 Å². The second-order valence-electron chi connectivity index (χ2n) is 9.27. The van der Waals surface area contributed by atoms with Crippen molar-refractivity contribution in [2.24, 2.45) is 0 Å². The third kappa shape index (κ3) is 4.79. The van der Waals surface area contributed by atoms with Crippen LogP contribution in [-0.4, -0.2) is 61.2 Å². The van der Waals surface area contributed by atoms with Crippen LogP contribution in [-0.2, 0) is 23.0 Å². The minimum atomic E-state index is -3.63. The lowest BCUT2D eigenvalue weighted by Crippen LogP contribution is -2.48. The Hall–Kier alpha value is -2.79. The third-order valence-corrected chi connectivity index (χ3v) is 10.4. The van der Waals surface area contributed by atoms with Crippen molar-refractivity contribution < 1.29 is 13.2 Å². The minimum absolute atomic E-state index is 0.0799. The number of sulfonamides is 1. The highest BCUT2D eigenvalue weighted by atomic mass is 79.9. The lowest BCUT2D eigenvalue weighted by Gasteiger charge is -2.34. The van der Waals surface area contributed by atoms with Crippen LogP contribution in [0.2, 0.25) is 0 Å². The van der Waals surface area contributed by atoms with Gasteiger partial charge in [-0.25, -0.2) is 13.4 Å². The number of carbonyl (C=O) groups excluding carboxylic acids is 1. The van der Waals surface area contributed by atoms with Crippen molar-refractivity contribution in [3.8, 4) is 0 Å². The van der Waals surface area contributed by atoms with Gasteiger partial charge in [-0.2, -0.15) is 4.31 Å². The fraction of sp³-hybridized carbons (Fsp3) is 0.259. The number of halogens is 1. The molecule has 0 bridgehead atoms. The number of hydrogen-bond donors (Lipinski definition) is 0. The Bertz CT molecular complexity index is 1580. The molecule has 0 N–H and O–H groups in total. The molecule has 2 aliphatic heterocycles. The molecule has 7 nitrogen and oxygen atoms in total. The van der Waals surface area contributed by atoms with E-state index >= 15 is 0 Å². The van der Waals surface area contributed by atoms with Crippen LogP contribution in [0.4, 0.5) is 5.13 Å². The van der Waals surface area contributed by atoms with Crippen molar-refractivity contribution in [2.45, 2.75) is 17.9 Å². The Morgan fingerprint density at radius 1 is 0.892 bits per heavy atom. The summed E-state index contributed by atoms with van der Waals surface area (Å²) in [5.74, 6) is -0.0799. The van der Waals surface area contributed by atoms with Crippen molar-refractivity contribution in [1.29, 1.82) is 0 Å². The normalized spacial score (nSPS) is 16.7. The number of nitrogens with zero attached hydrogens (tertiary/aromatic N) is 4. The molecule has 6 rings (SSSR count). The summed E-state index contributed by atoms with van der Waals surface area (Å²) in [5, 5.41) is 0.968. The fourth-order valence-electron chi connectivity index (χ4n) is 4.90. The molecule has 0 spiro atoms. The zero-order chi connectivity index (χ0) is 25.6. The van der Waals surface area contributed by atoms with Gasteiger partial charge in [-0.3, -0.25) is 4.79 Å². The zero-order valence-corrected chi connectivity index (χ0v) is 23.2. The summed E-state index contributed by atoms with van der Waals surface area (Å²) >= 11 is 5.17. The van der Waals surface area contributed by atoms with E-state index in [-0.39, 0.29) is 10.8 Å². The number of piperazine rings is 1. The predicted octanol–water partition coefficient (Wildman–Crippen LogP) is 4.77. The molecule has 1 amide bonds. The van der Waals surface area contributed by atoms with Crippen molar-refractivity contribution in [3.05, 3.63) is 87.9 Å². The lowest BCUT2D eigenvalue weighted by molar-refractivity contribution is 0.0746. The summed E-state index contributed by atoms with van der Waals surface area (Å²) in [6.07, 6.45) is 0.701. The number of fused-ring (bicyclic) bond motifs is 2. The van der Waals surface area contributed by atoms with Crippen molar-refractivity contribution in [2.75, 3.05) is 37.6 Å². The van der Waals surface area contributed by atoms with Crippen LogP contribution in [0, 0.1) is 0 Å². The summed E-state index contributed by atoms with van der Waals surface area (Å²) in [4.78, 5) is 22.2. The highest BCUT2D eigenvalue weighted by Crippen LogP contribution is 2.31. The van der Waals surface area contributed by atoms with Gasteiger partial charge in [0.25, 0.3) is 5.91 Å². The third-order valence-electron chi connectivity index (χ3n) is 7.01. The van der Waals surface area contributed by atoms with Crippen molar-refractivity contribution >= 4 is 58.5 Å². The Morgan fingerprint density at radius 2 is 1.62 bits per heavy atom. The average Bonchev–Trinajstić information content (AvgIpc) is 3.36. The van der Waals surface area contributed by atoms with E-state index in [0.29, 0.717) is 51.3 Å². The molecule has 1 saturated heterocycles. The van der Waals surface area contributed by atoms with Crippen LogP contribution in [0.15, 0.2) is 76.1 Å². The molecule has 0 aliphatic carbocycles. The van der Waals surface area contributed by atoms with Gasteiger partial charge >= 0.3 is 0 Å². The number of thiazole rings is 1. The number of benzene rings is 3. The Morgan fingerprint density at radius 3 is 2.38 bits per heavy atom. The van der Waals surface area contributed by atoms with Gasteiger partial charge in [-0.05, 0) is 60.0 Å². The number of aromatic nitrogens is 1. The quantitative estimate of drug-likeness (QED) is 0.339. The molecule has 0 atom stereocenters. The Balaban J connectivity index is 1.11. The van der Waals surface area contributed by atoms with Gasteiger partial charge in [0.2, 0.25) is 10.0 Å². The molecule has 10 heteroatoms. The Kier molecular flexibility index (Phi) is 6.52. The summed E-state index contributed by atoms with van der Waals surface area (Å²) < 4.78 is 30.2. The number of rotatable bonds is 4. The first-order chi connectivity index (χ1) is 17.9. The first-order valence-corrected chi connectivity index (χ1v) is 15.2. The maximum absolute atomic E-state index is 13.3. The maximum Gasteiger partial charge on any atom is 0.253 e. The van der Waals surface area contributed by atoms with Crippen LogP contribution in [0.5, 0.6) is 0 Å². The molecule has 2 aliphatic rings. The van der Waals surface area contributed by atoms with Gasteiger partial charge in [-0.15, -0.1) is 0 Å². The molecule has 4 aromatic rings. The number of anilines is 1. The molecule has 1 aromatic heterocycles. The molecular formula is C27H25BrN4O3S2. The predicted molar refractivity (Wildman–Crippen MR) is 150 cm³/mol. The van der Waals surface area contributed by atoms with E-state index in [1.807, 2.05) is 35.2 Å². The van der Waals surface area contributed by atoms with Crippen LogP contribution in [0.25, 0.3) is 10.2 Å². The largest absolute Gasteiger partial charge is 0.345 e. The smallest absolute Gasteiger partial charge is 0.253 e. The zero-order valence-electron chi connectivity index (χ0n) is 20.0. The molecule has 3 heterocycles. The molecule has 0 unspecified atom stereocenters. The summed E-state index contributed by atoms with van der Waals surface area (Å²) in [7, 11) is -3.63. The van der Waals surface area contributed by atoms with Gasteiger partial charge in [0.15, 0.2) is 5.13 Å². The standard InChI is InChI=1S/C27H25BrN4O3S2/c28-22-7-10-24-25(17-22)36-27(29-24)31-15-13-30(14-16-31)26(33)20-5-8-23(9-6-20)37(34,35)32-12-11-19-3-1-2-4-21(19)18-32/h1-10,17H,11-16,18H2. The first kappa shape index (κ1) is 24.5. The monoisotopic (exact) mass is 596 g/mol. The molecular weight excluding hydrogens is 572 g/mol. The Labute approximate surface area is 228 Å². The highest BCUT2D eigenvalue weighted by Gasteiger charge is 2.29. The first-order valence-electron chi connectivity index (χ1n) is 12.2. The second-order valence-corrected chi connectivity index (χ2v) is 13.1. The molecule has 190 valence electrons. The van der Waals surface area contributed by atoms with Gasteiger partial charge in [-0.1, -0.05) is 51.5 Å². The van der Waals surface area contributed by atoms with Crippen LogP contribution in [0.3, 0.4) is 0 Å². The van der Waals surface area contributed by atoms with E-state index in [9.17, 15) is 13.2 Å².